The highest BCUT2D eigenvalue weighted by Gasteiger charge is 2.20. The molecule has 0 bridgehead atoms. The van der Waals surface area contributed by atoms with Gasteiger partial charge in [-0.05, 0) is 42.3 Å². The second-order valence-corrected chi connectivity index (χ2v) is 7.25. The monoisotopic (exact) mass is 410 g/mol. The molecule has 0 unspecified atom stereocenters. The van der Waals surface area contributed by atoms with Gasteiger partial charge in [0.05, 0.1) is 38.3 Å². The van der Waals surface area contributed by atoms with Crippen LogP contribution in [0.4, 0.5) is 0 Å². The van der Waals surface area contributed by atoms with Crippen LogP contribution in [0.2, 0.25) is 0 Å². The molecule has 0 aliphatic carbocycles. The Morgan fingerprint density at radius 3 is 2.33 bits per heavy atom. The summed E-state index contributed by atoms with van der Waals surface area (Å²) in [5.74, 6) is 1.14. The van der Waals surface area contributed by atoms with Gasteiger partial charge in [0, 0.05) is 17.7 Å². The van der Waals surface area contributed by atoms with E-state index in [-0.39, 0.29) is 5.56 Å². The lowest BCUT2D eigenvalue weighted by molar-refractivity contribution is 0.0697. The summed E-state index contributed by atoms with van der Waals surface area (Å²) >= 11 is 0. The molecule has 0 fully saturated rings. The van der Waals surface area contributed by atoms with Gasteiger partial charge in [-0.3, -0.25) is 4.68 Å². The standard InChI is InChI=1S/C23H26N2O5/c1-14(2)13-25-19(16-7-6-8-21(29-4)22(16)30-5)12-18(24-25)17-11-15(23(26)27)9-10-20(17)28-3/h6-12,14H,13H2,1-5H3,(H,26,27). The van der Waals surface area contributed by atoms with Crippen molar-refractivity contribution in [3.63, 3.8) is 0 Å². The highest BCUT2D eigenvalue weighted by molar-refractivity contribution is 5.90. The maximum Gasteiger partial charge on any atom is 0.335 e. The minimum Gasteiger partial charge on any atom is -0.496 e. The number of hydrogen-bond donors (Lipinski definition) is 1. The molecule has 1 N–H and O–H groups in total. The molecule has 0 saturated carbocycles. The van der Waals surface area contributed by atoms with E-state index in [2.05, 4.69) is 13.8 Å². The predicted octanol–water partition coefficient (Wildman–Crippen LogP) is 4.60. The average Bonchev–Trinajstić information content (AvgIpc) is 3.15. The summed E-state index contributed by atoms with van der Waals surface area (Å²) in [5, 5.41) is 14.2. The summed E-state index contributed by atoms with van der Waals surface area (Å²) in [6.07, 6.45) is 0. The highest BCUT2D eigenvalue weighted by atomic mass is 16.5. The topological polar surface area (TPSA) is 82.8 Å². The number of aromatic nitrogens is 2. The Bertz CT molecular complexity index is 1060. The molecule has 7 heteroatoms. The van der Waals surface area contributed by atoms with E-state index in [0.717, 1.165) is 11.3 Å². The average molecular weight is 410 g/mol. The van der Waals surface area contributed by atoms with E-state index >= 15 is 0 Å². The molecule has 0 atom stereocenters. The van der Waals surface area contributed by atoms with Crippen molar-refractivity contribution in [1.82, 2.24) is 9.78 Å². The molecule has 3 rings (SSSR count). The Labute approximate surface area is 175 Å². The molecular weight excluding hydrogens is 384 g/mol. The van der Waals surface area contributed by atoms with Crippen LogP contribution in [0.5, 0.6) is 17.2 Å². The van der Waals surface area contributed by atoms with Gasteiger partial charge in [-0.2, -0.15) is 5.10 Å². The van der Waals surface area contributed by atoms with Gasteiger partial charge in [-0.1, -0.05) is 19.9 Å². The number of nitrogens with zero attached hydrogens (tertiary/aromatic N) is 2. The van der Waals surface area contributed by atoms with E-state index in [9.17, 15) is 9.90 Å². The summed E-state index contributed by atoms with van der Waals surface area (Å²) in [7, 11) is 4.75. The number of para-hydroxylation sites is 1. The Hall–Kier alpha value is -3.48. The van der Waals surface area contributed by atoms with Crippen LogP contribution in [-0.2, 0) is 6.54 Å². The van der Waals surface area contributed by atoms with Crippen molar-refractivity contribution in [3.8, 4) is 39.8 Å². The number of hydrogen-bond acceptors (Lipinski definition) is 5. The number of carboxylic acids is 1. The summed E-state index contributed by atoms with van der Waals surface area (Å²) < 4.78 is 18.4. The smallest absolute Gasteiger partial charge is 0.335 e. The molecule has 0 saturated heterocycles. The van der Waals surface area contributed by atoms with Crippen LogP contribution in [-0.4, -0.2) is 42.2 Å². The Morgan fingerprint density at radius 1 is 1.00 bits per heavy atom. The minimum atomic E-state index is -1.00. The molecule has 0 aliphatic heterocycles. The normalized spacial score (nSPS) is 10.9. The fourth-order valence-corrected chi connectivity index (χ4v) is 3.38. The summed E-state index contributed by atoms with van der Waals surface area (Å²) in [6, 6.07) is 12.3. The van der Waals surface area contributed by atoms with Gasteiger partial charge in [-0.25, -0.2) is 4.79 Å². The van der Waals surface area contributed by atoms with Crippen LogP contribution in [0, 0.1) is 5.92 Å². The number of carboxylic acid groups (broad SMARTS) is 1. The fourth-order valence-electron chi connectivity index (χ4n) is 3.38. The molecule has 0 spiro atoms. The molecule has 7 nitrogen and oxygen atoms in total. The van der Waals surface area contributed by atoms with E-state index in [4.69, 9.17) is 19.3 Å². The molecule has 0 radical (unpaired) electrons. The first-order valence-corrected chi connectivity index (χ1v) is 9.60. The Morgan fingerprint density at radius 2 is 1.73 bits per heavy atom. The van der Waals surface area contributed by atoms with Crippen LogP contribution in [0.25, 0.3) is 22.5 Å². The number of methoxy groups -OCH3 is 3. The van der Waals surface area contributed by atoms with Gasteiger partial charge in [0.15, 0.2) is 11.5 Å². The number of carbonyl (C=O) groups is 1. The zero-order chi connectivity index (χ0) is 21.8. The van der Waals surface area contributed by atoms with Gasteiger partial charge >= 0.3 is 5.97 Å². The number of ether oxygens (including phenoxy) is 3. The molecule has 158 valence electrons. The van der Waals surface area contributed by atoms with Crippen LogP contribution in [0.1, 0.15) is 24.2 Å². The molecule has 1 heterocycles. The van der Waals surface area contributed by atoms with Crippen molar-refractivity contribution >= 4 is 5.97 Å². The van der Waals surface area contributed by atoms with E-state index in [1.165, 1.54) is 6.07 Å². The van der Waals surface area contributed by atoms with Gasteiger partial charge in [0.2, 0.25) is 0 Å². The third-order valence-electron chi connectivity index (χ3n) is 4.72. The number of rotatable bonds is 8. The largest absolute Gasteiger partial charge is 0.496 e. The molecule has 0 aliphatic rings. The van der Waals surface area contributed by atoms with Gasteiger partial charge in [0.25, 0.3) is 0 Å². The predicted molar refractivity (Wildman–Crippen MR) is 115 cm³/mol. The lowest BCUT2D eigenvalue weighted by atomic mass is 10.0. The zero-order valence-electron chi connectivity index (χ0n) is 17.8. The first-order chi connectivity index (χ1) is 14.4. The highest BCUT2D eigenvalue weighted by Crippen LogP contribution is 2.40. The summed E-state index contributed by atoms with van der Waals surface area (Å²) in [5.41, 5.74) is 3.09. The number of aromatic carboxylic acids is 1. The van der Waals surface area contributed by atoms with Gasteiger partial charge < -0.3 is 19.3 Å². The molecule has 3 aromatic rings. The zero-order valence-corrected chi connectivity index (χ0v) is 17.8. The molecule has 30 heavy (non-hydrogen) atoms. The molecule has 1 aromatic heterocycles. The Kier molecular flexibility index (Phi) is 6.30. The van der Waals surface area contributed by atoms with Gasteiger partial charge in [0.1, 0.15) is 5.75 Å². The lowest BCUT2D eigenvalue weighted by Gasteiger charge is -2.14. The van der Waals surface area contributed by atoms with Crippen LogP contribution in [0.15, 0.2) is 42.5 Å². The molecular formula is C23H26N2O5. The summed E-state index contributed by atoms with van der Waals surface area (Å²) in [4.78, 5) is 11.5. The second-order valence-electron chi connectivity index (χ2n) is 7.25. The minimum absolute atomic E-state index is 0.171. The fraction of sp³-hybridized carbons (Fsp3) is 0.304. The third-order valence-corrected chi connectivity index (χ3v) is 4.72. The van der Waals surface area contributed by atoms with Crippen molar-refractivity contribution in [2.75, 3.05) is 21.3 Å². The van der Waals surface area contributed by atoms with E-state index < -0.39 is 5.97 Å². The Balaban J connectivity index is 2.24. The first kappa shape index (κ1) is 21.2. The third kappa shape index (κ3) is 4.10. The van der Waals surface area contributed by atoms with Crippen molar-refractivity contribution in [2.45, 2.75) is 20.4 Å². The van der Waals surface area contributed by atoms with Crippen molar-refractivity contribution in [3.05, 3.63) is 48.0 Å². The van der Waals surface area contributed by atoms with Crippen LogP contribution < -0.4 is 14.2 Å². The van der Waals surface area contributed by atoms with E-state index in [1.807, 2.05) is 28.9 Å². The number of benzene rings is 2. The van der Waals surface area contributed by atoms with Crippen molar-refractivity contribution in [2.24, 2.45) is 5.92 Å². The molecule has 2 aromatic carbocycles. The maximum absolute atomic E-state index is 11.5. The van der Waals surface area contributed by atoms with Gasteiger partial charge in [-0.15, -0.1) is 0 Å². The van der Waals surface area contributed by atoms with Crippen LogP contribution in [0.3, 0.4) is 0 Å². The lowest BCUT2D eigenvalue weighted by Crippen LogP contribution is -2.08. The molecule has 0 amide bonds. The SMILES string of the molecule is COc1ccc(C(=O)O)cc1-c1cc(-c2cccc(OC)c2OC)n(CC(C)C)n1. The first-order valence-electron chi connectivity index (χ1n) is 9.60. The van der Waals surface area contributed by atoms with E-state index in [0.29, 0.717) is 41.0 Å². The summed E-state index contributed by atoms with van der Waals surface area (Å²) in [6.45, 7) is 4.90. The van der Waals surface area contributed by atoms with Crippen molar-refractivity contribution < 1.29 is 24.1 Å². The quantitative estimate of drug-likeness (QED) is 0.584. The second kappa shape index (κ2) is 8.90. The maximum atomic E-state index is 11.5. The van der Waals surface area contributed by atoms with Crippen molar-refractivity contribution in [1.29, 1.82) is 0 Å². The van der Waals surface area contributed by atoms with E-state index in [1.54, 1.807) is 33.5 Å². The van der Waals surface area contributed by atoms with Crippen LogP contribution >= 0.6 is 0 Å².